The number of rotatable bonds is 8. The highest BCUT2D eigenvalue weighted by atomic mass is 79.9. The van der Waals surface area contributed by atoms with Gasteiger partial charge < -0.3 is 14.7 Å². The summed E-state index contributed by atoms with van der Waals surface area (Å²) in [5.41, 5.74) is 2.30. The number of aliphatic hydroxyl groups excluding tert-OH is 1. The Labute approximate surface area is 139 Å². The Morgan fingerprint density at radius 1 is 1.33 bits per heavy atom. The first-order chi connectivity index (χ1) is 9.99. The second kappa shape index (κ2) is 9.46. The molecule has 0 spiro atoms. The fourth-order valence-electron chi connectivity index (χ4n) is 1.82. The molecule has 0 aliphatic carbocycles. The van der Waals surface area contributed by atoms with Crippen molar-refractivity contribution in [2.24, 2.45) is 0 Å². The topological polar surface area (TPSA) is 49.8 Å². The number of thioether (sulfide) groups is 1. The van der Waals surface area contributed by atoms with Gasteiger partial charge >= 0.3 is 0 Å². The van der Waals surface area contributed by atoms with E-state index in [-0.39, 0.29) is 12.5 Å². The minimum absolute atomic E-state index is 0.0195. The molecule has 0 atom stereocenters. The average molecular weight is 376 g/mol. The molecule has 21 heavy (non-hydrogen) atoms. The van der Waals surface area contributed by atoms with Crippen molar-refractivity contribution >= 4 is 33.6 Å². The van der Waals surface area contributed by atoms with Crippen LogP contribution < -0.4 is 0 Å². The van der Waals surface area contributed by atoms with Crippen molar-refractivity contribution in [2.75, 3.05) is 39.2 Å². The predicted octanol–water partition coefficient (Wildman–Crippen LogP) is 2.63. The molecule has 1 aromatic rings. The van der Waals surface area contributed by atoms with Gasteiger partial charge in [-0.2, -0.15) is 0 Å². The van der Waals surface area contributed by atoms with Crippen molar-refractivity contribution < 1.29 is 14.6 Å². The minimum atomic E-state index is -0.0312. The SMILES string of the molecule is COCCN(CCO)C(=O)CSc1cc(C)c(Br)cc1C. The number of carbonyl (C=O) groups excluding carboxylic acids is 1. The quantitative estimate of drug-likeness (QED) is 0.709. The van der Waals surface area contributed by atoms with Crippen LogP contribution in [0.25, 0.3) is 0 Å². The third-order valence-corrected chi connectivity index (χ3v) is 5.09. The fourth-order valence-corrected chi connectivity index (χ4v) is 3.29. The van der Waals surface area contributed by atoms with E-state index in [1.54, 1.807) is 12.0 Å². The number of aliphatic hydroxyl groups is 1. The van der Waals surface area contributed by atoms with E-state index in [1.165, 1.54) is 11.8 Å². The van der Waals surface area contributed by atoms with Gasteiger partial charge in [-0.15, -0.1) is 11.8 Å². The van der Waals surface area contributed by atoms with Gasteiger partial charge in [0.15, 0.2) is 0 Å². The molecule has 1 aromatic carbocycles. The third-order valence-electron chi connectivity index (χ3n) is 3.10. The molecule has 1 rings (SSSR count). The van der Waals surface area contributed by atoms with Gasteiger partial charge in [-0.3, -0.25) is 4.79 Å². The van der Waals surface area contributed by atoms with Gasteiger partial charge in [0.05, 0.1) is 19.0 Å². The second-order valence-corrected chi connectivity index (χ2v) is 6.62. The standard InChI is InChI=1S/C15H22BrNO3S/c1-11-9-14(12(2)8-13(11)16)21-10-15(19)17(4-6-18)5-7-20-3/h8-9,18H,4-7,10H2,1-3H3. The Bertz CT molecular complexity index is 482. The van der Waals surface area contributed by atoms with Crippen LogP contribution in [0, 0.1) is 13.8 Å². The number of benzene rings is 1. The van der Waals surface area contributed by atoms with E-state index in [0.29, 0.717) is 25.4 Å². The molecular formula is C15H22BrNO3S. The molecule has 1 N–H and O–H groups in total. The van der Waals surface area contributed by atoms with Gasteiger partial charge in [0.25, 0.3) is 0 Å². The zero-order valence-electron chi connectivity index (χ0n) is 12.7. The summed E-state index contributed by atoms with van der Waals surface area (Å²) in [5.74, 6) is 0.386. The Morgan fingerprint density at radius 2 is 2.05 bits per heavy atom. The molecule has 0 fully saturated rings. The highest BCUT2D eigenvalue weighted by Crippen LogP contribution is 2.28. The lowest BCUT2D eigenvalue weighted by atomic mass is 10.2. The van der Waals surface area contributed by atoms with Crippen LogP contribution in [0.2, 0.25) is 0 Å². The maximum atomic E-state index is 12.2. The summed E-state index contributed by atoms with van der Waals surface area (Å²) in [6.07, 6.45) is 0. The van der Waals surface area contributed by atoms with E-state index in [0.717, 1.165) is 20.5 Å². The molecule has 0 aliphatic heterocycles. The largest absolute Gasteiger partial charge is 0.395 e. The van der Waals surface area contributed by atoms with Gasteiger partial charge in [0, 0.05) is 29.6 Å². The van der Waals surface area contributed by atoms with Gasteiger partial charge in [0.2, 0.25) is 5.91 Å². The Balaban J connectivity index is 2.64. The maximum absolute atomic E-state index is 12.2. The minimum Gasteiger partial charge on any atom is -0.395 e. The van der Waals surface area contributed by atoms with Gasteiger partial charge in [-0.25, -0.2) is 0 Å². The number of nitrogens with zero attached hydrogens (tertiary/aromatic N) is 1. The molecule has 0 radical (unpaired) electrons. The summed E-state index contributed by atoms with van der Waals surface area (Å²) in [6, 6.07) is 4.15. The van der Waals surface area contributed by atoms with Crippen molar-refractivity contribution in [2.45, 2.75) is 18.7 Å². The first kappa shape index (κ1) is 18.5. The molecule has 0 unspecified atom stereocenters. The average Bonchev–Trinajstić information content (AvgIpc) is 2.45. The Morgan fingerprint density at radius 3 is 2.67 bits per heavy atom. The lowest BCUT2D eigenvalue weighted by Crippen LogP contribution is -2.37. The number of carbonyl (C=O) groups is 1. The van der Waals surface area contributed by atoms with Gasteiger partial charge in [-0.05, 0) is 37.1 Å². The van der Waals surface area contributed by atoms with Crippen LogP contribution in [-0.2, 0) is 9.53 Å². The van der Waals surface area contributed by atoms with Crippen LogP contribution in [0.3, 0.4) is 0 Å². The summed E-state index contributed by atoms with van der Waals surface area (Å²) in [7, 11) is 1.60. The smallest absolute Gasteiger partial charge is 0.233 e. The molecule has 0 aliphatic rings. The maximum Gasteiger partial charge on any atom is 0.233 e. The summed E-state index contributed by atoms with van der Waals surface area (Å²) >= 11 is 5.04. The van der Waals surface area contributed by atoms with Crippen molar-refractivity contribution in [3.63, 3.8) is 0 Å². The lowest BCUT2D eigenvalue weighted by molar-refractivity contribution is -0.129. The van der Waals surface area contributed by atoms with E-state index >= 15 is 0 Å². The van der Waals surface area contributed by atoms with E-state index < -0.39 is 0 Å². The predicted molar refractivity (Wildman–Crippen MR) is 89.9 cm³/mol. The van der Waals surface area contributed by atoms with Crippen LogP contribution in [0.4, 0.5) is 0 Å². The van der Waals surface area contributed by atoms with Crippen molar-refractivity contribution in [1.82, 2.24) is 4.90 Å². The first-order valence-corrected chi connectivity index (χ1v) is 8.54. The molecule has 118 valence electrons. The molecule has 4 nitrogen and oxygen atoms in total. The molecule has 1 amide bonds. The highest BCUT2D eigenvalue weighted by Gasteiger charge is 2.14. The summed E-state index contributed by atoms with van der Waals surface area (Å²) in [4.78, 5) is 15.0. The number of methoxy groups -OCH3 is 1. The molecule has 0 heterocycles. The Hall–Kier alpha value is -0.560. The van der Waals surface area contributed by atoms with Crippen molar-refractivity contribution in [1.29, 1.82) is 0 Å². The number of ether oxygens (including phenoxy) is 1. The third kappa shape index (κ3) is 5.98. The van der Waals surface area contributed by atoms with E-state index in [4.69, 9.17) is 9.84 Å². The van der Waals surface area contributed by atoms with Crippen LogP contribution in [0.15, 0.2) is 21.5 Å². The van der Waals surface area contributed by atoms with E-state index in [9.17, 15) is 4.79 Å². The van der Waals surface area contributed by atoms with Crippen molar-refractivity contribution in [3.05, 3.63) is 27.7 Å². The fraction of sp³-hybridized carbons (Fsp3) is 0.533. The molecule has 0 saturated carbocycles. The molecular weight excluding hydrogens is 354 g/mol. The summed E-state index contributed by atoms with van der Waals surface area (Å²) < 4.78 is 6.07. The zero-order valence-corrected chi connectivity index (χ0v) is 15.1. The van der Waals surface area contributed by atoms with Crippen LogP contribution >= 0.6 is 27.7 Å². The van der Waals surface area contributed by atoms with E-state index in [1.807, 2.05) is 13.8 Å². The number of halogens is 1. The summed E-state index contributed by atoms with van der Waals surface area (Å²) in [6.45, 7) is 5.37. The highest BCUT2D eigenvalue weighted by molar-refractivity contribution is 9.10. The van der Waals surface area contributed by atoms with Crippen LogP contribution in [0.1, 0.15) is 11.1 Å². The number of hydrogen-bond donors (Lipinski definition) is 1. The van der Waals surface area contributed by atoms with Crippen molar-refractivity contribution in [3.8, 4) is 0 Å². The lowest BCUT2D eigenvalue weighted by Gasteiger charge is -2.21. The normalized spacial score (nSPS) is 10.7. The van der Waals surface area contributed by atoms with Gasteiger partial charge in [0.1, 0.15) is 0 Å². The number of aryl methyl sites for hydroxylation is 2. The molecule has 6 heteroatoms. The molecule has 0 bridgehead atoms. The second-order valence-electron chi connectivity index (χ2n) is 4.75. The summed E-state index contributed by atoms with van der Waals surface area (Å²) in [5, 5.41) is 9.03. The zero-order chi connectivity index (χ0) is 15.8. The van der Waals surface area contributed by atoms with E-state index in [2.05, 4.69) is 28.1 Å². The molecule has 0 saturated heterocycles. The van der Waals surface area contributed by atoms with Crippen LogP contribution in [0.5, 0.6) is 0 Å². The monoisotopic (exact) mass is 375 g/mol. The number of amides is 1. The first-order valence-electron chi connectivity index (χ1n) is 6.76. The molecule has 0 aromatic heterocycles. The Kier molecular flexibility index (Phi) is 8.33. The number of hydrogen-bond acceptors (Lipinski definition) is 4. The van der Waals surface area contributed by atoms with Crippen LogP contribution in [-0.4, -0.2) is 55.1 Å². The van der Waals surface area contributed by atoms with Gasteiger partial charge in [-0.1, -0.05) is 15.9 Å².